The molecule has 2 aliphatic rings. The average Bonchev–Trinajstić information content (AvgIpc) is 3.46. The molecule has 1 aromatic carbocycles. The first-order chi connectivity index (χ1) is 15.6. The van der Waals surface area contributed by atoms with Gasteiger partial charge in [0.25, 0.3) is 15.7 Å². The highest BCUT2D eigenvalue weighted by Gasteiger charge is 2.34. The number of anilines is 1. The van der Waals surface area contributed by atoms with Crippen molar-refractivity contribution in [2.45, 2.75) is 30.7 Å². The van der Waals surface area contributed by atoms with E-state index < -0.39 is 32.4 Å². The van der Waals surface area contributed by atoms with Crippen LogP contribution in [0.1, 0.15) is 24.2 Å². The zero-order valence-electron chi connectivity index (χ0n) is 17.6. The molecule has 0 saturated carbocycles. The Labute approximate surface area is 188 Å². The Morgan fingerprint density at radius 1 is 1.00 bits per heavy atom. The van der Waals surface area contributed by atoms with Crippen molar-refractivity contribution in [3.05, 3.63) is 51.8 Å². The number of benzene rings is 1. The summed E-state index contributed by atoms with van der Waals surface area (Å²) in [6.07, 6.45) is -3.01. The van der Waals surface area contributed by atoms with Gasteiger partial charge in [0.1, 0.15) is 11.4 Å². The lowest BCUT2D eigenvalue weighted by molar-refractivity contribution is -0.384. The van der Waals surface area contributed by atoms with E-state index in [2.05, 4.69) is 0 Å². The molecule has 0 radical (unpaired) electrons. The number of hydrogen-bond acceptors (Lipinski definition) is 7. The molecule has 0 spiro atoms. The Kier molecular flexibility index (Phi) is 6.38. The maximum Gasteiger partial charge on any atom is 0.416 e. The number of sulfonamides is 1. The second kappa shape index (κ2) is 8.95. The molecule has 1 aromatic heterocycles. The Hall–Kier alpha value is -2.64. The number of nitro groups is 1. The smallest absolute Gasteiger partial charge is 0.416 e. The van der Waals surface area contributed by atoms with Crippen molar-refractivity contribution >= 4 is 21.4 Å². The van der Waals surface area contributed by atoms with E-state index in [1.165, 1.54) is 10.4 Å². The SMILES string of the molecule is O=[N+]([O-])c1cc(C(F)(F)F)ccc1N1CCN(Cc2ccc(S(=O)(=O)N3CCCC3)o2)CC1. The van der Waals surface area contributed by atoms with Gasteiger partial charge < -0.3 is 9.32 Å². The van der Waals surface area contributed by atoms with Crippen molar-refractivity contribution in [2.24, 2.45) is 0 Å². The molecular formula is C20H23F3N4O5S. The van der Waals surface area contributed by atoms with E-state index in [9.17, 15) is 31.7 Å². The van der Waals surface area contributed by atoms with E-state index in [4.69, 9.17) is 4.42 Å². The highest BCUT2D eigenvalue weighted by molar-refractivity contribution is 7.89. The normalized spacial score (nSPS) is 18.7. The van der Waals surface area contributed by atoms with E-state index in [0.29, 0.717) is 57.6 Å². The lowest BCUT2D eigenvalue weighted by Gasteiger charge is -2.35. The quantitative estimate of drug-likeness (QED) is 0.454. The molecule has 180 valence electrons. The number of hydrogen-bond donors (Lipinski definition) is 0. The van der Waals surface area contributed by atoms with Crippen LogP contribution in [0.4, 0.5) is 24.5 Å². The van der Waals surface area contributed by atoms with Gasteiger partial charge in [0.15, 0.2) is 0 Å². The summed E-state index contributed by atoms with van der Waals surface area (Å²) in [5.74, 6) is 0.488. The van der Waals surface area contributed by atoms with Crippen molar-refractivity contribution in [1.29, 1.82) is 0 Å². The van der Waals surface area contributed by atoms with Gasteiger partial charge in [0.05, 0.1) is 17.0 Å². The van der Waals surface area contributed by atoms with E-state index in [1.807, 2.05) is 4.90 Å². The number of furan rings is 1. The largest absolute Gasteiger partial charge is 0.447 e. The molecule has 3 heterocycles. The van der Waals surface area contributed by atoms with Gasteiger partial charge in [0, 0.05) is 45.3 Å². The Balaban J connectivity index is 1.40. The molecule has 4 rings (SSSR count). The summed E-state index contributed by atoms with van der Waals surface area (Å²) in [6.45, 7) is 3.02. The monoisotopic (exact) mass is 488 g/mol. The molecule has 33 heavy (non-hydrogen) atoms. The van der Waals surface area contributed by atoms with Gasteiger partial charge in [-0.15, -0.1) is 0 Å². The van der Waals surface area contributed by atoms with Crippen molar-refractivity contribution in [1.82, 2.24) is 9.21 Å². The second-order valence-corrected chi connectivity index (χ2v) is 9.92. The van der Waals surface area contributed by atoms with Crippen LogP contribution < -0.4 is 4.90 Å². The minimum absolute atomic E-state index is 0.0848. The molecular weight excluding hydrogens is 465 g/mol. The predicted molar refractivity (Wildman–Crippen MR) is 112 cm³/mol. The average molecular weight is 488 g/mol. The van der Waals surface area contributed by atoms with Gasteiger partial charge in [0.2, 0.25) is 5.09 Å². The summed E-state index contributed by atoms with van der Waals surface area (Å²) < 4.78 is 71.0. The van der Waals surface area contributed by atoms with Crippen LogP contribution in [-0.2, 0) is 22.7 Å². The van der Waals surface area contributed by atoms with Crippen LogP contribution >= 0.6 is 0 Å². The van der Waals surface area contributed by atoms with E-state index in [-0.39, 0.29) is 10.8 Å². The summed E-state index contributed by atoms with van der Waals surface area (Å²) in [5, 5.41) is 11.3. The third-order valence-electron chi connectivity index (χ3n) is 5.89. The Morgan fingerprint density at radius 2 is 1.67 bits per heavy atom. The van der Waals surface area contributed by atoms with Gasteiger partial charge in [-0.2, -0.15) is 17.5 Å². The summed E-state index contributed by atoms with van der Waals surface area (Å²) in [6, 6.07) is 5.62. The third kappa shape index (κ3) is 4.99. The van der Waals surface area contributed by atoms with Gasteiger partial charge in [-0.3, -0.25) is 15.0 Å². The van der Waals surface area contributed by atoms with Crippen LogP contribution in [0.5, 0.6) is 0 Å². The zero-order chi connectivity index (χ0) is 23.8. The van der Waals surface area contributed by atoms with Crippen LogP contribution in [0.2, 0.25) is 0 Å². The van der Waals surface area contributed by atoms with Crippen LogP contribution in [-0.4, -0.2) is 61.8 Å². The number of halogens is 3. The molecule has 2 aromatic rings. The Bertz CT molecular complexity index is 1120. The minimum atomic E-state index is -4.66. The summed E-state index contributed by atoms with van der Waals surface area (Å²) >= 11 is 0. The third-order valence-corrected chi connectivity index (χ3v) is 7.66. The summed E-state index contributed by atoms with van der Waals surface area (Å²) in [5.41, 5.74) is -1.50. The summed E-state index contributed by atoms with van der Waals surface area (Å²) in [7, 11) is -3.63. The van der Waals surface area contributed by atoms with Gasteiger partial charge in [-0.25, -0.2) is 8.42 Å². The predicted octanol–water partition coefficient (Wildman–Crippen LogP) is 3.31. The maximum atomic E-state index is 12.9. The van der Waals surface area contributed by atoms with Gasteiger partial charge in [-0.1, -0.05) is 0 Å². The molecule has 0 unspecified atom stereocenters. The zero-order valence-corrected chi connectivity index (χ0v) is 18.4. The number of alkyl halides is 3. The van der Waals surface area contributed by atoms with Crippen molar-refractivity contribution < 1.29 is 30.9 Å². The van der Waals surface area contributed by atoms with E-state index in [1.54, 1.807) is 11.0 Å². The highest BCUT2D eigenvalue weighted by Crippen LogP contribution is 2.37. The van der Waals surface area contributed by atoms with Crippen LogP contribution in [0, 0.1) is 10.1 Å². The molecule has 2 saturated heterocycles. The fourth-order valence-corrected chi connectivity index (χ4v) is 5.56. The summed E-state index contributed by atoms with van der Waals surface area (Å²) in [4.78, 5) is 14.2. The molecule has 2 aliphatic heterocycles. The van der Waals surface area contributed by atoms with Crippen molar-refractivity contribution in [3.63, 3.8) is 0 Å². The van der Waals surface area contributed by atoms with Crippen molar-refractivity contribution in [3.8, 4) is 0 Å². The lowest BCUT2D eigenvalue weighted by Crippen LogP contribution is -2.46. The van der Waals surface area contributed by atoms with Crippen LogP contribution in [0.25, 0.3) is 0 Å². The van der Waals surface area contributed by atoms with Crippen LogP contribution in [0.3, 0.4) is 0 Å². The molecule has 0 aliphatic carbocycles. The Morgan fingerprint density at radius 3 is 2.27 bits per heavy atom. The van der Waals surface area contributed by atoms with Crippen molar-refractivity contribution in [2.75, 3.05) is 44.2 Å². The molecule has 2 fully saturated rings. The topological polar surface area (TPSA) is 100 Å². The molecule has 0 N–H and O–H groups in total. The second-order valence-electron chi connectivity index (χ2n) is 8.05. The number of rotatable bonds is 6. The molecule has 0 amide bonds. The molecule has 0 bridgehead atoms. The first kappa shape index (κ1) is 23.5. The fourth-order valence-electron chi connectivity index (χ4n) is 4.12. The number of nitrogens with zero attached hydrogens (tertiary/aromatic N) is 4. The molecule has 13 heteroatoms. The number of nitro benzene ring substituents is 1. The van der Waals surface area contributed by atoms with Gasteiger partial charge >= 0.3 is 6.18 Å². The first-order valence-corrected chi connectivity index (χ1v) is 11.9. The van der Waals surface area contributed by atoms with E-state index in [0.717, 1.165) is 25.0 Å². The molecule has 9 nitrogen and oxygen atoms in total. The standard InChI is InChI=1S/C20H23F3N4O5S/c21-20(22,23)15-3-5-17(18(13-15)27(28)29)25-11-9-24(10-12-25)14-16-4-6-19(32-16)33(30,31)26-7-1-2-8-26/h3-6,13H,1-2,7-12,14H2. The van der Waals surface area contributed by atoms with Crippen LogP contribution in [0.15, 0.2) is 39.8 Å². The van der Waals surface area contributed by atoms with Gasteiger partial charge in [-0.05, 0) is 37.1 Å². The van der Waals surface area contributed by atoms with E-state index >= 15 is 0 Å². The molecule has 0 atom stereocenters. The minimum Gasteiger partial charge on any atom is -0.447 e. The lowest BCUT2D eigenvalue weighted by atomic mass is 10.1. The first-order valence-electron chi connectivity index (χ1n) is 10.5. The highest BCUT2D eigenvalue weighted by atomic mass is 32.2. The fraction of sp³-hybridized carbons (Fsp3) is 0.500. The maximum absolute atomic E-state index is 12.9. The number of piperazine rings is 1.